The minimum atomic E-state index is -4.12. The molecule has 1 aliphatic rings. The fourth-order valence-corrected chi connectivity index (χ4v) is 3.81. The van der Waals surface area contributed by atoms with Gasteiger partial charge in [0, 0.05) is 24.4 Å². The monoisotopic (exact) mass is 420 g/mol. The Hall–Kier alpha value is -2.64. The third-order valence-electron chi connectivity index (χ3n) is 4.87. The smallest absolute Gasteiger partial charge is 0.333 e. The van der Waals surface area contributed by atoms with E-state index in [2.05, 4.69) is 24.6 Å². The van der Waals surface area contributed by atoms with Crippen LogP contribution in [-0.4, -0.2) is 63.1 Å². The molecule has 0 amide bonds. The standard InChI is InChI=1S/C17H20N6O5S/c18-29(26,27)28-9-10-7-13(17(25)16(10)24)21-14-4-6-20-15-8-12(22-23(14)15)11-3-1-2-5-19-11/h1-6,8,10,13,16-17,21,24-25H,7,9H2,(H2,18,26,27)/t10-,13-,16-,17+/m1/s1. The Morgan fingerprint density at radius 2 is 2.00 bits per heavy atom. The van der Waals surface area contributed by atoms with Gasteiger partial charge < -0.3 is 15.5 Å². The van der Waals surface area contributed by atoms with Gasteiger partial charge in [-0.05, 0) is 24.6 Å². The average molecular weight is 420 g/mol. The van der Waals surface area contributed by atoms with Crippen LogP contribution < -0.4 is 10.5 Å². The number of hydrogen-bond acceptors (Lipinski definition) is 9. The molecule has 1 saturated carbocycles. The molecule has 11 nitrogen and oxygen atoms in total. The summed E-state index contributed by atoms with van der Waals surface area (Å²) in [6, 6.07) is 8.44. The molecule has 4 rings (SSSR count). The molecule has 1 fully saturated rings. The first kappa shape index (κ1) is 19.7. The van der Waals surface area contributed by atoms with E-state index in [1.807, 2.05) is 18.2 Å². The zero-order valence-electron chi connectivity index (χ0n) is 15.2. The first-order chi connectivity index (χ1) is 13.8. The van der Waals surface area contributed by atoms with Crippen molar-refractivity contribution in [2.45, 2.75) is 24.7 Å². The second-order valence-corrected chi connectivity index (χ2v) is 8.07. The average Bonchev–Trinajstić information content (AvgIpc) is 3.24. The predicted molar refractivity (Wildman–Crippen MR) is 103 cm³/mol. The van der Waals surface area contributed by atoms with Crippen LogP contribution in [0.5, 0.6) is 0 Å². The molecule has 1 aliphatic carbocycles. The zero-order valence-corrected chi connectivity index (χ0v) is 16.0. The highest BCUT2D eigenvalue weighted by molar-refractivity contribution is 7.84. The van der Waals surface area contributed by atoms with E-state index < -0.39 is 34.5 Å². The van der Waals surface area contributed by atoms with Gasteiger partial charge in [0.2, 0.25) is 0 Å². The van der Waals surface area contributed by atoms with Crippen molar-refractivity contribution >= 4 is 21.8 Å². The molecule has 12 heteroatoms. The molecule has 3 aromatic rings. The number of hydrogen-bond donors (Lipinski definition) is 4. The van der Waals surface area contributed by atoms with Gasteiger partial charge in [-0.3, -0.25) is 9.17 Å². The molecule has 0 unspecified atom stereocenters. The molecule has 0 aromatic carbocycles. The van der Waals surface area contributed by atoms with E-state index in [0.29, 0.717) is 22.9 Å². The lowest BCUT2D eigenvalue weighted by molar-refractivity contribution is 0.00777. The predicted octanol–water partition coefficient (Wildman–Crippen LogP) is -0.466. The number of aliphatic hydroxyl groups is 2. The fourth-order valence-electron chi connectivity index (χ4n) is 3.45. The van der Waals surface area contributed by atoms with Crippen LogP contribution in [0, 0.1) is 5.92 Å². The van der Waals surface area contributed by atoms with Gasteiger partial charge in [0.05, 0.1) is 24.4 Å². The fraction of sp³-hybridized carbons (Fsp3) is 0.353. The quantitative estimate of drug-likeness (QED) is 0.412. The number of aliphatic hydroxyl groups excluding tert-OH is 2. The Kier molecular flexibility index (Phi) is 5.19. The maximum absolute atomic E-state index is 11.0. The van der Waals surface area contributed by atoms with E-state index in [9.17, 15) is 18.6 Å². The summed E-state index contributed by atoms with van der Waals surface area (Å²) >= 11 is 0. The number of pyridine rings is 1. The summed E-state index contributed by atoms with van der Waals surface area (Å²) in [6.45, 7) is -0.313. The van der Waals surface area contributed by atoms with Gasteiger partial charge in [-0.25, -0.2) is 10.1 Å². The van der Waals surface area contributed by atoms with Crippen molar-refractivity contribution in [1.29, 1.82) is 0 Å². The molecule has 5 N–H and O–H groups in total. The van der Waals surface area contributed by atoms with E-state index in [0.717, 1.165) is 0 Å². The van der Waals surface area contributed by atoms with Crippen LogP contribution >= 0.6 is 0 Å². The number of nitrogens with zero attached hydrogens (tertiary/aromatic N) is 4. The Morgan fingerprint density at radius 3 is 2.72 bits per heavy atom. The molecule has 3 heterocycles. The SMILES string of the molecule is NS(=O)(=O)OC[C@H]1C[C@@H](Nc2ccnc3cc(-c4ccccn4)nn23)[C@H](O)[C@@H]1O. The lowest BCUT2D eigenvalue weighted by Gasteiger charge is -2.19. The first-order valence-corrected chi connectivity index (χ1v) is 10.3. The summed E-state index contributed by atoms with van der Waals surface area (Å²) in [5.41, 5.74) is 1.91. The molecular formula is C17H20N6O5S. The minimum absolute atomic E-state index is 0.274. The lowest BCUT2D eigenvalue weighted by atomic mass is 10.1. The van der Waals surface area contributed by atoms with Crippen LogP contribution in [0.3, 0.4) is 0 Å². The lowest BCUT2D eigenvalue weighted by Crippen LogP contribution is -2.36. The van der Waals surface area contributed by atoms with Crippen molar-refractivity contribution in [2.75, 3.05) is 11.9 Å². The molecule has 3 aromatic heterocycles. The van der Waals surface area contributed by atoms with Crippen molar-refractivity contribution in [2.24, 2.45) is 11.1 Å². The molecule has 0 spiro atoms. The summed E-state index contributed by atoms with van der Waals surface area (Å²) in [5, 5.41) is 33.1. The van der Waals surface area contributed by atoms with E-state index >= 15 is 0 Å². The number of rotatable bonds is 6. The number of aromatic nitrogens is 4. The molecule has 0 aliphatic heterocycles. The van der Waals surface area contributed by atoms with Crippen LogP contribution in [0.4, 0.5) is 5.82 Å². The minimum Gasteiger partial charge on any atom is -0.390 e. The van der Waals surface area contributed by atoms with Crippen molar-refractivity contribution in [3.63, 3.8) is 0 Å². The second-order valence-electron chi connectivity index (χ2n) is 6.85. The highest BCUT2D eigenvalue weighted by Gasteiger charge is 2.42. The molecule has 154 valence electrons. The van der Waals surface area contributed by atoms with Gasteiger partial charge in [-0.2, -0.15) is 18.0 Å². The van der Waals surface area contributed by atoms with Gasteiger partial charge in [0.1, 0.15) is 17.6 Å². The Morgan fingerprint density at radius 1 is 1.17 bits per heavy atom. The first-order valence-electron chi connectivity index (χ1n) is 8.88. The van der Waals surface area contributed by atoms with Crippen molar-refractivity contribution in [3.8, 4) is 11.4 Å². The van der Waals surface area contributed by atoms with Crippen molar-refractivity contribution < 1.29 is 22.8 Å². The maximum Gasteiger partial charge on any atom is 0.333 e. The topological polar surface area (TPSA) is 165 Å². The second kappa shape index (κ2) is 7.65. The van der Waals surface area contributed by atoms with Gasteiger partial charge in [0.25, 0.3) is 0 Å². The van der Waals surface area contributed by atoms with Crippen LogP contribution in [-0.2, 0) is 14.5 Å². The van der Waals surface area contributed by atoms with Crippen molar-refractivity contribution in [3.05, 3.63) is 42.7 Å². The van der Waals surface area contributed by atoms with Crippen molar-refractivity contribution in [1.82, 2.24) is 19.6 Å². The molecule has 0 saturated heterocycles. The van der Waals surface area contributed by atoms with Gasteiger partial charge >= 0.3 is 10.3 Å². The van der Waals surface area contributed by atoms with Crippen LogP contribution in [0.15, 0.2) is 42.7 Å². The number of fused-ring (bicyclic) bond motifs is 1. The molecule has 0 bridgehead atoms. The molecule has 29 heavy (non-hydrogen) atoms. The Labute approximate surface area is 166 Å². The highest BCUT2D eigenvalue weighted by atomic mass is 32.2. The summed E-state index contributed by atoms with van der Waals surface area (Å²) in [7, 11) is -4.12. The summed E-state index contributed by atoms with van der Waals surface area (Å²) in [4.78, 5) is 8.57. The number of nitrogens with two attached hydrogens (primary N) is 1. The normalized spacial score (nSPS) is 24.8. The van der Waals surface area contributed by atoms with Gasteiger partial charge in [-0.15, -0.1) is 0 Å². The zero-order chi connectivity index (χ0) is 20.6. The number of nitrogens with one attached hydrogen (secondary N) is 1. The van der Waals surface area contributed by atoms with Gasteiger partial charge in [0.15, 0.2) is 5.65 Å². The van der Waals surface area contributed by atoms with Gasteiger partial charge in [-0.1, -0.05) is 6.07 Å². The van der Waals surface area contributed by atoms with Crippen LogP contribution in [0.1, 0.15) is 6.42 Å². The van der Waals surface area contributed by atoms with Crippen LogP contribution in [0.25, 0.3) is 17.0 Å². The third-order valence-corrected chi connectivity index (χ3v) is 5.33. The summed E-state index contributed by atoms with van der Waals surface area (Å²) in [5.74, 6) is -0.0405. The number of anilines is 1. The highest BCUT2D eigenvalue weighted by Crippen LogP contribution is 2.30. The Bertz CT molecular complexity index is 1110. The largest absolute Gasteiger partial charge is 0.390 e. The summed E-state index contributed by atoms with van der Waals surface area (Å²) in [6.07, 6.45) is 1.26. The molecular weight excluding hydrogens is 400 g/mol. The third kappa shape index (κ3) is 4.21. The molecule has 0 radical (unpaired) electrons. The van der Waals surface area contributed by atoms with E-state index in [1.165, 1.54) is 0 Å². The molecule has 4 atom stereocenters. The summed E-state index contributed by atoms with van der Waals surface area (Å²) < 4.78 is 28.1. The van der Waals surface area contributed by atoms with E-state index in [-0.39, 0.29) is 13.0 Å². The Balaban J connectivity index is 1.55. The van der Waals surface area contributed by atoms with Crippen LogP contribution in [0.2, 0.25) is 0 Å². The van der Waals surface area contributed by atoms with E-state index in [1.54, 1.807) is 29.0 Å². The maximum atomic E-state index is 11.0. The van der Waals surface area contributed by atoms with E-state index in [4.69, 9.17) is 5.14 Å².